The zero-order chi connectivity index (χ0) is 10.8. The first kappa shape index (κ1) is 10.1. The van der Waals surface area contributed by atoms with Gasteiger partial charge in [-0.1, -0.05) is 0 Å². The van der Waals surface area contributed by atoms with Crippen molar-refractivity contribution in [2.75, 3.05) is 13.2 Å². The molecule has 15 heavy (non-hydrogen) atoms. The molecule has 1 fully saturated rings. The fourth-order valence-corrected chi connectivity index (χ4v) is 1.75. The second-order valence-electron chi connectivity index (χ2n) is 3.89. The van der Waals surface area contributed by atoms with Gasteiger partial charge in [0.15, 0.2) is 5.82 Å². The van der Waals surface area contributed by atoms with E-state index >= 15 is 0 Å². The second kappa shape index (κ2) is 3.98. The van der Waals surface area contributed by atoms with Crippen LogP contribution in [0.25, 0.3) is 0 Å². The van der Waals surface area contributed by atoms with Crippen molar-refractivity contribution in [2.45, 2.75) is 13.0 Å². The van der Waals surface area contributed by atoms with E-state index in [2.05, 4.69) is 10.2 Å². The minimum atomic E-state index is 0.0705. The molecule has 1 aromatic heterocycles. The van der Waals surface area contributed by atoms with Crippen molar-refractivity contribution in [1.82, 2.24) is 19.7 Å². The van der Waals surface area contributed by atoms with Gasteiger partial charge in [0.05, 0.1) is 6.54 Å². The Labute approximate surface area is 87.5 Å². The molecule has 1 aromatic rings. The third kappa shape index (κ3) is 1.99. The van der Waals surface area contributed by atoms with Crippen LogP contribution < -0.4 is 0 Å². The molecule has 1 N–H and O–H groups in total. The molecule has 2 rings (SSSR count). The van der Waals surface area contributed by atoms with E-state index in [4.69, 9.17) is 5.11 Å². The summed E-state index contributed by atoms with van der Waals surface area (Å²) in [5.41, 5.74) is 0. The molecular formula is C9H14N4O2. The van der Waals surface area contributed by atoms with Gasteiger partial charge < -0.3 is 14.6 Å². The van der Waals surface area contributed by atoms with Crippen LogP contribution in [0, 0.1) is 5.92 Å². The van der Waals surface area contributed by atoms with E-state index in [0.717, 1.165) is 5.82 Å². The molecular weight excluding hydrogens is 196 g/mol. The standard InChI is InChI=1S/C9H14N4O2/c1-12-6-10-11-8(12)4-13-3-7(5-14)2-9(13)15/h6-7,14H,2-5H2,1H3. The lowest BCUT2D eigenvalue weighted by Gasteiger charge is -2.15. The van der Waals surface area contributed by atoms with Gasteiger partial charge in [-0.15, -0.1) is 10.2 Å². The van der Waals surface area contributed by atoms with E-state index < -0.39 is 0 Å². The Morgan fingerprint density at radius 3 is 3.00 bits per heavy atom. The monoisotopic (exact) mass is 210 g/mol. The van der Waals surface area contributed by atoms with Crippen molar-refractivity contribution < 1.29 is 9.90 Å². The van der Waals surface area contributed by atoms with Crippen LogP contribution in [-0.4, -0.2) is 43.8 Å². The maximum atomic E-state index is 11.5. The summed E-state index contributed by atoms with van der Waals surface area (Å²) in [5, 5.41) is 16.6. The number of rotatable bonds is 3. The van der Waals surface area contributed by atoms with Crippen LogP contribution in [0.4, 0.5) is 0 Å². The Hall–Kier alpha value is -1.43. The Morgan fingerprint density at radius 1 is 1.67 bits per heavy atom. The van der Waals surface area contributed by atoms with Gasteiger partial charge in [0, 0.05) is 32.5 Å². The first-order chi connectivity index (χ1) is 7.20. The lowest BCUT2D eigenvalue weighted by Crippen LogP contribution is -2.26. The summed E-state index contributed by atoms with van der Waals surface area (Å²) in [6.07, 6.45) is 2.05. The summed E-state index contributed by atoms with van der Waals surface area (Å²) >= 11 is 0. The van der Waals surface area contributed by atoms with E-state index in [9.17, 15) is 4.79 Å². The molecule has 1 aliphatic rings. The second-order valence-corrected chi connectivity index (χ2v) is 3.89. The molecule has 1 aliphatic heterocycles. The molecule has 0 bridgehead atoms. The predicted octanol–water partition coefficient (Wildman–Crippen LogP) is -0.844. The van der Waals surface area contributed by atoms with Gasteiger partial charge in [-0.25, -0.2) is 0 Å². The van der Waals surface area contributed by atoms with Gasteiger partial charge in [0.1, 0.15) is 6.33 Å². The Balaban J connectivity index is 2.01. The number of aliphatic hydroxyl groups is 1. The van der Waals surface area contributed by atoms with E-state index in [1.54, 1.807) is 15.8 Å². The maximum Gasteiger partial charge on any atom is 0.223 e. The normalized spacial score (nSPS) is 21.3. The quantitative estimate of drug-likeness (QED) is 0.706. The number of hydrogen-bond donors (Lipinski definition) is 1. The molecule has 0 saturated carbocycles. The van der Waals surface area contributed by atoms with Crippen LogP contribution in [0.5, 0.6) is 0 Å². The van der Waals surface area contributed by atoms with Crippen LogP contribution in [0.2, 0.25) is 0 Å². The van der Waals surface area contributed by atoms with Crippen molar-refractivity contribution in [1.29, 1.82) is 0 Å². The number of amides is 1. The minimum Gasteiger partial charge on any atom is -0.396 e. The number of aliphatic hydroxyl groups excluding tert-OH is 1. The Morgan fingerprint density at radius 2 is 2.47 bits per heavy atom. The smallest absolute Gasteiger partial charge is 0.223 e. The molecule has 6 nitrogen and oxygen atoms in total. The van der Waals surface area contributed by atoms with Crippen LogP contribution in [-0.2, 0) is 18.4 Å². The number of nitrogens with zero attached hydrogens (tertiary/aromatic N) is 4. The van der Waals surface area contributed by atoms with Crippen LogP contribution in [0.1, 0.15) is 12.2 Å². The summed E-state index contributed by atoms with van der Waals surface area (Å²) in [5.74, 6) is 0.921. The van der Waals surface area contributed by atoms with Crippen molar-refractivity contribution in [3.05, 3.63) is 12.2 Å². The van der Waals surface area contributed by atoms with Crippen LogP contribution >= 0.6 is 0 Å². The van der Waals surface area contributed by atoms with Crippen molar-refractivity contribution in [3.63, 3.8) is 0 Å². The molecule has 1 atom stereocenters. The molecule has 0 radical (unpaired) electrons. The number of hydrogen-bond acceptors (Lipinski definition) is 4. The van der Waals surface area contributed by atoms with Gasteiger partial charge >= 0.3 is 0 Å². The highest BCUT2D eigenvalue weighted by Gasteiger charge is 2.29. The van der Waals surface area contributed by atoms with Gasteiger partial charge in [0.2, 0.25) is 5.91 Å². The topological polar surface area (TPSA) is 71.2 Å². The molecule has 1 amide bonds. The Bertz CT molecular complexity index is 363. The highest BCUT2D eigenvalue weighted by Crippen LogP contribution is 2.18. The van der Waals surface area contributed by atoms with Crippen molar-refractivity contribution in [2.24, 2.45) is 13.0 Å². The number of carbonyl (C=O) groups excluding carboxylic acids is 1. The maximum absolute atomic E-state index is 11.5. The predicted molar refractivity (Wildman–Crippen MR) is 51.6 cm³/mol. The van der Waals surface area contributed by atoms with Crippen LogP contribution in [0.3, 0.4) is 0 Å². The summed E-state index contributed by atoms with van der Waals surface area (Å²) < 4.78 is 1.79. The van der Waals surface area contributed by atoms with E-state index in [0.29, 0.717) is 19.5 Å². The third-order valence-corrected chi connectivity index (χ3v) is 2.69. The summed E-state index contributed by atoms with van der Waals surface area (Å²) in [6.45, 7) is 1.16. The first-order valence-electron chi connectivity index (χ1n) is 4.92. The van der Waals surface area contributed by atoms with Crippen molar-refractivity contribution >= 4 is 5.91 Å². The third-order valence-electron chi connectivity index (χ3n) is 2.69. The molecule has 2 heterocycles. The average molecular weight is 210 g/mol. The molecule has 82 valence electrons. The summed E-state index contributed by atoms with van der Waals surface area (Å²) in [4.78, 5) is 13.3. The zero-order valence-corrected chi connectivity index (χ0v) is 8.63. The van der Waals surface area contributed by atoms with Gasteiger partial charge in [-0.2, -0.15) is 0 Å². The highest BCUT2D eigenvalue weighted by atomic mass is 16.3. The highest BCUT2D eigenvalue weighted by molar-refractivity contribution is 5.78. The summed E-state index contributed by atoms with van der Waals surface area (Å²) in [6, 6.07) is 0. The fourth-order valence-electron chi connectivity index (χ4n) is 1.75. The molecule has 0 spiro atoms. The number of aryl methyl sites for hydroxylation is 1. The van der Waals surface area contributed by atoms with Gasteiger partial charge in [0.25, 0.3) is 0 Å². The number of likely N-dealkylation sites (tertiary alicyclic amines) is 1. The van der Waals surface area contributed by atoms with Gasteiger partial charge in [-0.05, 0) is 0 Å². The lowest BCUT2D eigenvalue weighted by atomic mass is 10.1. The lowest BCUT2D eigenvalue weighted by molar-refractivity contribution is -0.128. The molecule has 0 aromatic carbocycles. The molecule has 6 heteroatoms. The van der Waals surface area contributed by atoms with Gasteiger partial charge in [-0.3, -0.25) is 4.79 Å². The van der Waals surface area contributed by atoms with E-state index in [-0.39, 0.29) is 18.4 Å². The Kier molecular flexibility index (Phi) is 2.68. The number of carbonyl (C=O) groups is 1. The SMILES string of the molecule is Cn1cnnc1CN1CC(CO)CC1=O. The summed E-state index contributed by atoms with van der Waals surface area (Å²) in [7, 11) is 1.85. The zero-order valence-electron chi connectivity index (χ0n) is 8.63. The van der Waals surface area contributed by atoms with Crippen molar-refractivity contribution in [3.8, 4) is 0 Å². The average Bonchev–Trinajstić information content (AvgIpc) is 2.76. The fraction of sp³-hybridized carbons (Fsp3) is 0.667. The van der Waals surface area contributed by atoms with E-state index in [1.807, 2.05) is 7.05 Å². The number of aromatic nitrogens is 3. The molecule has 0 aliphatic carbocycles. The van der Waals surface area contributed by atoms with Crippen LogP contribution in [0.15, 0.2) is 6.33 Å². The van der Waals surface area contributed by atoms with E-state index in [1.165, 1.54) is 0 Å². The molecule has 1 unspecified atom stereocenters. The first-order valence-corrected chi connectivity index (χ1v) is 4.92. The largest absolute Gasteiger partial charge is 0.396 e. The minimum absolute atomic E-state index is 0.0705. The molecule has 1 saturated heterocycles.